The van der Waals surface area contributed by atoms with E-state index >= 15 is 0 Å². The lowest BCUT2D eigenvalue weighted by Gasteiger charge is -2.18. The highest BCUT2D eigenvalue weighted by Crippen LogP contribution is 2.32. The molecule has 8 heteroatoms. The topological polar surface area (TPSA) is 78.5 Å². The molecule has 1 aliphatic heterocycles. The van der Waals surface area contributed by atoms with E-state index < -0.39 is 17.6 Å². The standard InChI is InChI=1S/C25H19ClFN3O3/c1-14-3-4-15(2)20(13-14)30-24(32)21(26)22(25(30)33)28-18-9-5-16(6-10-18)23(31)29-19-11-7-17(27)8-12-19/h3-13,28H,1-2H3,(H,29,31). The summed E-state index contributed by atoms with van der Waals surface area (Å²) in [6.45, 7) is 3.68. The highest BCUT2D eigenvalue weighted by atomic mass is 35.5. The number of carbonyl (C=O) groups excluding carboxylic acids is 3. The molecule has 6 nitrogen and oxygen atoms in total. The van der Waals surface area contributed by atoms with E-state index in [0.29, 0.717) is 22.6 Å². The minimum Gasteiger partial charge on any atom is -0.350 e. The Hall–Kier alpha value is -3.97. The largest absolute Gasteiger partial charge is 0.350 e. The van der Waals surface area contributed by atoms with Crippen LogP contribution in [0.15, 0.2) is 77.5 Å². The number of rotatable bonds is 5. The fourth-order valence-electron chi connectivity index (χ4n) is 3.38. The van der Waals surface area contributed by atoms with Gasteiger partial charge >= 0.3 is 0 Å². The van der Waals surface area contributed by atoms with Crippen LogP contribution < -0.4 is 15.5 Å². The number of halogens is 2. The lowest BCUT2D eigenvalue weighted by molar-refractivity contribution is -0.120. The summed E-state index contributed by atoms with van der Waals surface area (Å²) in [5.41, 5.74) is 3.41. The fraction of sp³-hybridized carbons (Fsp3) is 0.0800. The highest BCUT2D eigenvalue weighted by Gasteiger charge is 2.39. The normalized spacial score (nSPS) is 13.5. The second-order valence-electron chi connectivity index (χ2n) is 7.59. The number of hydrogen-bond donors (Lipinski definition) is 2. The summed E-state index contributed by atoms with van der Waals surface area (Å²) >= 11 is 6.21. The maximum atomic E-state index is 13.0. The van der Waals surface area contributed by atoms with Crippen LogP contribution in [0.25, 0.3) is 0 Å². The minimum absolute atomic E-state index is 0.0360. The van der Waals surface area contributed by atoms with Crippen molar-refractivity contribution in [2.75, 3.05) is 15.5 Å². The Kier molecular flexibility index (Phi) is 5.98. The molecule has 0 saturated heterocycles. The van der Waals surface area contributed by atoms with E-state index in [0.717, 1.165) is 16.0 Å². The molecule has 0 saturated carbocycles. The van der Waals surface area contributed by atoms with Gasteiger partial charge in [0.1, 0.15) is 16.5 Å². The van der Waals surface area contributed by atoms with Crippen LogP contribution in [0.2, 0.25) is 0 Å². The maximum absolute atomic E-state index is 13.0. The lowest BCUT2D eigenvalue weighted by Crippen LogP contribution is -2.32. The number of nitrogens with one attached hydrogen (secondary N) is 2. The second kappa shape index (κ2) is 8.88. The Labute approximate surface area is 194 Å². The molecule has 166 valence electrons. The Morgan fingerprint density at radius 1 is 0.879 bits per heavy atom. The SMILES string of the molecule is Cc1ccc(C)c(N2C(=O)C(Cl)=C(Nc3ccc(C(=O)Nc4ccc(F)cc4)cc3)C2=O)c1. The molecule has 33 heavy (non-hydrogen) atoms. The summed E-state index contributed by atoms with van der Waals surface area (Å²) in [6, 6.07) is 17.2. The number of carbonyl (C=O) groups is 3. The number of anilines is 3. The number of nitrogens with zero attached hydrogens (tertiary/aromatic N) is 1. The summed E-state index contributed by atoms with van der Waals surface area (Å²) < 4.78 is 13.0. The third-order valence-corrected chi connectivity index (χ3v) is 5.50. The first-order valence-electron chi connectivity index (χ1n) is 10.0. The zero-order valence-corrected chi connectivity index (χ0v) is 18.5. The van der Waals surface area contributed by atoms with Gasteiger partial charge in [-0.3, -0.25) is 14.4 Å². The smallest absolute Gasteiger partial charge is 0.283 e. The van der Waals surface area contributed by atoms with E-state index in [1.165, 1.54) is 24.3 Å². The predicted molar refractivity (Wildman–Crippen MR) is 126 cm³/mol. The summed E-state index contributed by atoms with van der Waals surface area (Å²) in [6.07, 6.45) is 0. The molecule has 0 spiro atoms. The van der Waals surface area contributed by atoms with Crippen molar-refractivity contribution in [1.82, 2.24) is 0 Å². The highest BCUT2D eigenvalue weighted by molar-refractivity contribution is 6.53. The Morgan fingerprint density at radius 3 is 2.18 bits per heavy atom. The van der Waals surface area contributed by atoms with E-state index in [1.54, 1.807) is 30.3 Å². The molecule has 4 rings (SSSR count). The van der Waals surface area contributed by atoms with Crippen molar-refractivity contribution in [1.29, 1.82) is 0 Å². The zero-order chi connectivity index (χ0) is 23.7. The molecule has 0 aromatic heterocycles. The van der Waals surface area contributed by atoms with Crippen LogP contribution in [0.3, 0.4) is 0 Å². The van der Waals surface area contributed by atoms with Crippen LogP contribution in [0.5, 0.6) is 0 Å². The maximum Gasteiger partial charge on any atom is 0.283 e. The average molecular weight is 464 g/mol. The number of imide groups is 1. The quantitative estimate of drug-likeness (QED) is 0.514. The molecule has 3 aromatic rings. The van der Waals surface area contributed by atoms with Gasteiger partial charge in [-0.2, -0.15) is 0 Å². The molecule has 0 aliphatic carbocycles. The molecule has 3 amide bonds. The van der Waals surface area contributed by atoms with Crippen molar-refractivity contribution >= 4 is 46.4 Å². The van der Waals surface area contributed by atoms with Gasteiger partial charge in [-0.15, -0.1) is 0 Å². The average Bonchev–Trinajstić information content (AvgIpc) is 3.00. The summed E-state index contributed by atoms with van der Waals surface area (Å²) in [4.78, 5) is 39.2. The molecule has 0 atom stereocenters. The number of hydrogen-bond acceptors (Lipinski definition) is 4. The van der Waals surface area contributed by atoms with E-state index in [4.69, 9.17) is 11.6 Å². The van der Waals surface area contributed by atoms with Crippen molar-refractivity contribution in [2.24, 2.45) is 0 Å². The molecular formula is C25H19ClFN3O3. The van der Waals surface area contributed by atoms with Gasteiger partial charge in [0.15, 0.2) is 0 Å². The van der Waals surface area contributed by atoms with Gasteiger partial charge < -0.3 is 10.6 Å². The number of aryl methyl sites for hydroxylation is 2. The fourth-order valence-corrected chi connectivity index (χ4v) is 3.59. The van der Waals surface area contributed by atoms with Gasteiger partial charge in [-0.1, -0.05) is 23.7 Å². The zero-order valence-electron chi connectivity index (χ0n) is 17.8. The molecular weight excluding hydrogens is 445 g/mol. The number of amides is 3. The molecule has 0 radical (unpaired) electrons. The Morgan fingerprint density at radius 2 is 1.52 bits per heavy atom. The molecule has 0 fully saturated rings. The van der Waals surface area contributed by atoms with Crippen molar-refractivity contribution in [3.8, 4) is 0 Å². The number of benzene rings is 3. The third-order valence-electron chi connectivity index (χ3n) is 5.15. The Balaban J connectivity index is 1.50. The first-order valence-corrected chi connectivity index (χ1v) is 10.4. The van der Waals surface area contributed by atoms with Gasteiger partial charge in [0.05, 0.1) is 5.69 Å². The lowest BCUT2D eigenvalue weighted by atomic mass is 10.1. The van der Waals surface area contributed by atoms with E-state index in [2.05, 4.69) is 10.6 Å². The van der Waals surface area contributed by atoms with Gasteiger partial charge in [0.25, 0.3) is 17.7 Å². The van der Waals surface area contributed by atoms with Crippen molar-refractivity contribution < 1.29 is 18.8 Å². The van der Waals surface area contributed by atoms with Gasteiger partial charge in [0.2, 0.25) is 0 Å². The minimum atomic E-state index is -0.604. The van der Waals surface area contributed by atoms with Crippen LogP contribution in [-0.4, -0.2) is 17.7 Å². The van der Waals surface area contributed by atoms with E-state index in [9.17, 15) is 18.8 Å². The van der Waals surface area contributed by atoms with Crippen LogP contribution >= 0.6 is 11.6 Å². The third kappa shape index (κ3) is 4.49. The van der Waals surface area contributed by atoms with E-state index in [1.807, 2.05) is 26.0 Å². The molecule has 1 heterocycles. The van der Waals surface area contributed by atoms with Crippen LogP contribution in [0, 0.1) is 19.7 Å². The van der Waals surface area contributed by atoms with Crippen LogP contribution in [0.4, 0.5) is 21.5 Å². The van der Waals surface area contributed by atoms with Gasteiger partial charge in [0, 0.05) is 16.9 Å². The summed E-state index contributed by atoms with van der Waals surface area (Å²) in [5.74, 6) is -1.93. The predicted octanol–water partition coefficient (Wildman–Crippen LogP) is 5.13. The van der Waals surface area contributed by atoms with E-state index in [-0.39, 0.29) is 16.6 Å². The van der Waals surface area contributed by atoms with Gasteiger partial charge in [-0.05, 0) is 79.6 Å². The molecule has 0 bridgehead atoms. The first kappa shape index (κ1) is 22.2. The Bertz CT molecular complexity index is 1300. The van der Waals surface area contributed by atoms with Crippen LogP contribution in [-0.2, 0) is 9.59 Å². The molecule has 1 aliphatic rings. The van der Waals surface area contributed by atoms with Crippen molar-refractivity contribution in [3.63, 3.8) is 0 Å². The van der Waals surface area contributed by atoms with Crippen LogP contribution in [0.1, 0.15) is 21.5 Å². The van der Waals surface area contributed by atoms with Gasteiger partial charge in [-0.25, -0.2) is 9.29 Å². The summed E-state index contributed by atoms with van der Waals surface area (Å²) in [5, 5.41) is 5.35. The monoisotopic (exact) mass is 463 g/mol. The molecule has 0 unspecified atom stereocenters. The molecule has 2 N–H and O–H groups in total. The second-order valence-corrected chi connectivity index (χ2v) is 7.97. The summed E-state index contributed by atoms with van der Waals surface area (Å²) in [7, 11) is 0. The van der Waals surface area contributed by atoms with Crippen molar-refractivity contribution in [2.45, 2.75) is 13.8 Å². The molecule has 3 aromatic carbocycles. The van der Waals surface area contributed by atoms with Crippen molar-refractivity contribution in [3.05, 3.63) is 100.0 Å². The first-order chi connectivity index (χ1) is 15.7.